The van der Waals surface area contributed by atoms with Crippen molar-refractivity contribution in [2.75, 3.05) is 39.6 Å². The molecule has 2 unspecified atom stereocenters. The largest absolute Gasteiger partial charge is 0.472 e. The highest BCUT2D eigenvalue weighted by Gasteiger charge is 2.30. The molecule has 5 atom stereocenters. The van der Waals surface area contributed by atoms with E-state index in [1.165, 1.54) is 289 Å². The number of phosphoric acid groups is 2. The molecule has 0 aliphatic carbocycles. The van der Waals surface area contributed by atoms with Crippen molar-refractivity contribution in [3.63, 3.8) is 0 Å². The Morgan fingerprint density at radius 2 is 0.388 bits per heavy atom. The summed E-state index contributed by atoms with van der Waals surface area (Å²) in [6.07, 6.45) is 72.2. The van der Waals surface area contributed by atoms with Gasteiger partial charge < -0.3 is 33.8 Å². The highest BCUT2D eigenvalue weighted by molar-refractivity contribution is 7.47. The fourth-order valence-electron chi connectivity index (χ4n) is 13.2. The zero-order valence-corrected chi connectivity index (χ0v) is 69.1. The molecule has 0 rings (SSSR count). The molecule has 17 nitrogen and oxygen atoms in total. The van der Waals surface area contributed by atoms with Gasteiger partial charge in [0, 0.05) is 25.7 Å². The molecule has 3 N–H and O–H groups in total. The third-order valence-corrected chi connectivity index (χ3v) is 21.8. The van der Waals surface area contributed by atoms with Gasteiger partial charge in [-0.25, -0.2) is 9.13 Å². The summed E-state index contributed by atoms with van der Waals surface area (Å²) in [6, 6.07) is 0. The molecule has 0 radical (unpaired) electrons. The van der Waals surface area contributed by atoms with Crippen LogP contribution in [0.1, 0.15) is 458 Å². The predicted octanol–water partition coefficient (Wildman–Crippen LogP) is 25.7. The van der Waals surface area contributed by atoms with Crippen molar-refractivity contribution in [1.82, 2.24) is 0 Å². The summed E-state index contributed by atoms with van der Waals surface area (Å²) in [5, 5.41) is 10.7. The van der Waals surface area contributed by atoms with Crippen molar-refractivity contribution in [3.8, 4) is 0 Å². The molecule has 0 amide bonds. The first kappa shape index (κ1) is 101. The molecule has 0 aromatic rings. The number of phosphoric ester groups is 2. The lowest BCUT2D eigenvalue weighted by molar-refractivity contribution is -0.161. The van der Waals surface area contributed by atoms with E-state index in [1.807, 2.05) is 0 Å². The fraction of sp³-hybridized carbons (Fsp3) is 0.952. The molecule has 0 saturated carbocycles. The molecule has 0 fully saturated rings. The second kappa shape index (κ2) is 78.2. The van der Waals surface area contributed by atoms with E-state index in [0.29, 0.717) is 25.7 Å². The Balaban J connectivity index is 5.20. The van der Waals surface area contributed by atoms with E-state index in [9.17, 15) is 43.2 Å². The lowest BCUT2D eigenvalue weighted by atomic mass is 10.0. The van der Waals surface area contributed by atoms with Crippen molar-refractivity contribution >= 4 is 39.5 Å². The van der Waals surface area contributed by atoms with Gasteiger partial charge >= 0.3 is 39.5 Å². The molecule has 0 aromatic carbocycles. The average molecular weight is 1510 g/mol. The Kier molecular flexibility index (Phi) is 76.7. The monoisotopic (exact) mass is 1510 g/mol. The number of carbonyl (C=O) groups is 4. The minimum atomic E-state index is -4.96. The van der Waals surface area contributed by atoms with Crippen molar-refractivity contribution in [1.29, 1.82) is 0 Å². The van der Waals surface area contributed by atoms with Crippen LogP contribution in [0.5, 0.6) is 0 Å². The predicted molar refractivity (Wildman–Crippen MR) is 423 cm³/mol. The van der Waals surface area contributed by atoms with Gasteiger partial charge in [-0.1, -0.05) is 407 Å². The molecule has 0 heterocycles. The second-order valence-electron chi connectivity index (χ2n) is 30.2. The van der Waals surface area contributed by atoms with Crippen LogP contribution in [0.4, 0.5) is 0 Å². The number of hydrogen-bond donors (Lipinski definition) is 3. The maximum atomic E-state index is 13.1. The highest BCUT2D eigenvalue weighted by atomic mass is 31.2. The summed E-state index contributed by atoms with van der Waals surface area (Å²) in [5.74, 6) is -2.10. The van der Waals surface area contributed by atoms with Gasteiger partial charge in [0.2, 0.25) is 0 Å². The third kappa shape index (κ3) is 78.0. The summed E-state index contributed by atoms with van der Waals surface area (Å²) in [4.78, 5) is 73.1. The highest BCUT2D eigenvalue weighted by Crippen LogP contribution is 2.45. The van der Waals surface area contributed by atoms with E-state index in [-0.39, 0.29) is 25.7 Å². The van der Waals surface area contributed by atoms with Crippen LogP contribution in [0.25, 0.3) is 0 Å². The van der Waals surface area contributed by atoms with Crippen LogP contribution in [-0.2, 0) is 65.4 Å². The van der Waals surface area contributed by atoms with Crippen molar-refractivity contribution in [3.05, 3.63) is 0 Å². The first-order valence-corrected chi connectivity index (χ1v) is 46.8. The lowest BCUT2D eigenvalue weighted by Gasteiger charge is -2.21. The van der Waals surface area contributed by atoms with Gasteiger partial charge in [0.05, 0.1) is 26.4 Å². The van der Waals surface area contributed by atoms with Gasteiger partial charge in [-0.05, 0) is 25.7 Å². The van der Waals surface area contributed by atoms with Gasteiger partial charge in [0.15, 0.2) is 12.2 Å². The van der Waals surface area contributed by atoms with Gasteiger partial charge in [-0.15, -0.1) is 0 Å². The Labute approximate surface area is 632 Å². The van der Waals surface area contributed by atoms with Crippen LogP contribution in [0.3, 0.4) is 0 Å². The normalized spacial score (nSPS) is 13.7. The summed E-state index contributed by atoms with van der Waals surface area (Å²) < 4.78 is 68.8. The quantitative estimate of drug-likeness (QED) is 0.0222. The van der Waals surface area contributed by atoms with Crippen molar-refractivity contribution < 1.29 is 80.2 Å². The van der Waals surface area contributed by atoms with Gasteiger partial charge in [0.1, 0.15) is 19.3 Å². The molecule has 0 aliphatic rings. The van der Waals surface area contributed by atoms with Crippen LogP contribution in [-0.4, -0.2) is 96.7 Å². The van der Waals surface area contributed by atoms with Crippen LogP contribution < -0.4 is 0 Å². The number of ether oxygens (including phenoxy) is 4. The van der Waals surface area contributed by atoms with Crippen LogP contribution in [0.15, 0.2) is 0 Å². The first-order valence-electron chi connectivity index (χ1n) is 43.8. The van der Waals surface area contributed by atoms with Crippen LogP contribution in [0, 0.1) is 0 Å². The minimum Gasteiger partial charge on any atom is -0.462 e. The lowest BCUT2D eigenvalue weighted by Crippen LogP contribution is -2.30. The van der Waals surface area contributed by atoms with Crippen LogP contribution >= 0.6 is 15.6 Å². The Bertz CT molecular complexity index is 1950. The second-order valence-corrected chi connectivity index (χ2v) is 33.1. The number of hydrogen-bond acceptors (Lipinski definition) is 15. The number of rotatable bonds is 85. The Morgan fingerprint density at radius 1 is 0.233 bits per heavy atom. The number of carbonyl (C=O) groups excluding carboxylic acids is 4. The minimum absolute atomic E-state index is 0.109. The van der Waals surface area contributed by atoms with E-state index in [1.54, 1.807) is 0 Å². The fourth-order valence-corrected chi connectivity index (χ4v) is 14.7. The number of aliphatic hydroxyl groups excluding tert-OH is 1. The molecule has 0 bridgehead atoms. The molecule has 0 aliphatic heterocycles. The number of aliphatic hydroxyl groups is 1. The van der Waals surface area contributed by atoms with Crippen molar-refractivity contribution in [2.45, 2.75) is 476 Å². The maximum absolute atomic E-state index is 13.1. The summed E-state index contributed by atoms with van der Waals surface area (Å²) in [6.45, 7) is 5.03. The molecule has 0 saturated heterocycles. The SMILES string of the molecule is CCCCCCCCCCCCCCCCCCCCCCCC(=O)O[C@H](COC(=O)CCCCCCCCCCCCCCCCCCC)COP(=O)(O)OC[C@@H](O)COP(=O)(O)OC[C@@H](COC(=O)CCCCCCCCCCC)OC(=O)CCCCCCCCCCCCCCCCCC. The van der Waals surface area contributed by atoms with E-state index in [4.69, 9.17) is 37.0 Å². The molecule has 612 valence electrons. The smallest absolute Gasteiger partial charge is 0.462 e. The van der Waals surface area contributed by atoms with E-state index in [0.717, 1.165) is 89.9 Å². The van der Waals surface area contributed by atoms with Crippen molar-refractivity contribution in [2.24, 2.45) is 0 Å². The average Bonchev–Trinajstić information content (AvgIpc) is 0.930. The summed E-state index contributed by atoms with van der Waals surface area (Å²) in [5.41, 5.74) is 0. The van der Waals surface area contributed by atoms with Gasteiger partial charge in [-0.2, -0.15) is 0 Å². The van der Waals surface area contributed by atoms with Gasteiger partial charge in [-0.3, -0.25) is 37.3 Å². The molecule has 19 heteroatoms. The molecule has 103 heavy (non-hydrogen) atoms. The maximum Gasteiger partial charge on any atom is 0.472 e. The third-order valence-electron chi connectivity index (χ3n) is 19.9. The zero-order valence-electron chi connectivity index (χ0n) is 67.3. The molecular formula is C84H164O17P2. The van der Waals surface area contributed by atoms with Gasteiger partial charge in [0.25, 0.3) is 0 Å². The molecular weight excluding hydrogens is 1340 g/mol. The summed E-state index contributed by atoms with van der Waals surface area (Å²) in [7, 11) is -9.92. The molecule has 0 aromatic heterocycles. The Hall–Kier alpha value is -1.94. The van der Waals surface area contributed by atoms with E-state index in [2.05, 4.69) is 27.7 Å². The Morgan fingerprint density at radius 3 is 0.573 bits per heavy atom. The molecule has 0 spiro atoms. The summed E-state index contributed by atoms with van der Waals surface area (Å²) >= 11 is 0. The number of esters is 4. The standard InChI is InChI=1S/C84H164O17P2/c1-5-9-13-17-21-25-28-31-34-37-38-39-40-42-45-48-51-55-59-63-67-71-84(89)101-80(75-95-82(87)69-65-61-57-53-49-46-44-41-35-32-29-26-22-18-14-10-6-2)77-99-103(92,93)97-73-78(85)72-96-102(90,91)98-76-79(74-94-81(86)68-64-60-56-52-24-20-16-12-8-4)100-83(88)70-66-62-58-54-50-47-43-36-33-30-27-23-19-15-11-7-3/h78-80,85H,5-77H2,1-4H3,(H,90,91)(H,92,93)/t78-,79+,80+/m0/s1. The zero-order chi connectivity index (χ0) is 75.3. The van der Waals surface area contributed by atoms with E-state index < -0.39 is 97.5 Å². The van der Waals surface area contributed by atoms with Crippen LogP contribution in [0.2, 0.25) is 0 Å². The topological polar surface area (TPSA) is 237 Å². The number of unbranched alkanes of at least 4 members (excludes halogenated alkanes) is 59. The first-order chi connectivity index (χ1) is 50.2. The van der Waals surface area contributed by atoms with E-state index >= 15 is 0 Å².